The van der Waals surface area contributed by atoms with Crippen LogP contribution in [0.1, 0.15) is 77.5 Å². The zero-order valence-electron chi connectivity index (χ0n) is 22.6. The van der Waals surface area contributed by atoms with E-state index in [1.807, 2.05) is 26.1 Å². The first-order chi connectivity index (χ1) is 17.0. The summed E-state index contributed by atoms with van der Waals surface area (Å²) in [6.45, 7) is 12.2. The van der Waals surface area contributed by atoms with Gasteiger partial charge in [-0.3, -0.25) is 0 Å². The van der Waals surface area contributed by atoms with E-state index in [2.05, 4.69) is 69.8 Å². The van der Waals surface area contributed by atoms with Crippen LogP contribution in [0.2, 0.25) is 0 Å². The Morgan fingerprint density at radius 2 is 1.71 bits per heavy atom. The van der Waals surface area contributed by atoms with E-state index in [1.54, 1.807) is 17.9 Å². The average molecular weight is 607 g/mol. The zero-order valence-corrected chi connectivity index (χ0v) is 25.6. The molecule has 0 saturated heterocycles. The minimum atomic E-state index is -0.973. The Morgan fingerprint density at radius 1 is 1.03 bits per heavy atom. The fourth-order valence-electron chi connectivity index (χ4n) is 5.11. The van der Waals surface area contributed by atoms with Gasteiger partial charge in [-0.15, -0.1) is 0 Å². The second-order valence-corrected chi connectivity index (χ2v) is 15.8. The monoisotopic (exact) mass is 606 g/mol. The topological polar surface area (TPSA) is 41.9 Å². The Balaban J connectivity index is 0.00000167. The van der Waals surface area contributed by atoms with Gasteiger partial charge in [-0.05, 0) is 26.8 Å². The van der Waals surface area contributed by atoms with E-state index in [0.717, 1.165) is 11.4 Å². The molecule has 2 heterocycles. The molecule has 0 bridgehead atoms. The van der Waals surface area contributed by atoms with Crippen molar-refractivity contribution in [3.05, 3.63) is 51.3 Å². The first kappa shape index (κ1) is 28.2. The van der Waals surface area contributed by atoms with E-state index >= 15 is 0 Å². The van der Waals surface area contributed by atoms with Gasteiger partial charge in [0.25, 0.3) is 0 Å². The van der Waals surface area contributed by atoms with Crippen molar-refractivity contribution in [2.75, 3.05) is 16.4 Å². The fraction of sp³-hybridized carbons (Fsp3) is 0.552. The van der Waals surface area contributed by atoms with Gasteiger partial charge in [-0.1, -0.05) is 20.8 Å². The number of aromatic nitrogens is 3. The van der Waals surface area contributed by atoms with Gasteiger partial charge in [0.15, 0.2) is 0 Å². The van der Waals surface area contributed by atoms with Gasteiger partial charge >= 0.3 is 172 Å². The Morgan fingerprint density at radius 3 is 2.26 bits per heavy atom. The van der Waals surface area contributed by atoms with Crippen LogP contribution in [0.5, 0.6) is 0 Å². The van der Waals surface area contributed by atoms with E-state index in [-0.39, 0.29) is 0 Å². The van der Waals surface area contributed by atoms with Crippen LogP contribution in [0.4, 0.5) is 0 Å². The quantitative estimate of drug-likeness (QED) is 0.191. The van der Waals surface area contributed by atoms with Gasteiger partial charge in [0.05, 0.1) is 0 Å². The number of hydrogen-bond donors (Lipinski definition) is 0. The Hall–Kier alpha value is -1.38. The van der Waals surface area contributed by atoms with E-state index in [4.69, 9.17) is 4.37 Å². The van der Waals surface area contributed by atoms with Crippen LogP contribution >= 0.6 is 31.4 Å². The van der Waals surface area contributed by atoms with Crippen molar-refractivity contribution in [3.63, 3.8) is 0 Å². The van der Waals surface area contributed by atoms with Crippen LogP contribution < -0.4 is 0 Å². The first-order valence-electron chi connectivity index (χ1n) is 13.1. The van der Waals surface area contributed by atoms with Gasteiger partial charge in [-0.2, -0.15) is 0 Å². The van der Waals surface area contributed by atoms with Crippen LogP contribution in [-0.2, 0) is 0 Å². The molecule has 6 heteroatoms. The second-order valence-electron chi connectivity index (χ2n) is 9.46. The van der Waals surface area contributed by atoms with Crippen molar-refractivity contribution < 1.29 is 0 Å². The Bertz CT molecular complexity index is 1010. The summed E-state index contributed by atoms with van der Waals surface area (Å²) in [5.74, 6) is 0.566. The van der Waals surface area contributed by atoms with E-state index in [0.29, 0.717) is 18.0 Å². The standard InChI is InChI=1S/C27H37IN4S.C2H6/c1-6-17-32(19(2)3)23-13-9-21(10-14-23)27-25(24-15-16-29-18-30-24)26(31-33-27)20-7-11-22(12-8-20)28(4)5;1-2/h7-8,11-12,15-16,18-19,21,23H,6,9-10,13-14,17H2,1-5H3;1-2H3. The summed E-state index contributed by atoms with van der Waals surface area (Å²) in [5, 5.41) is 0. The minimum absolute atomic E-state index is 0.566. The molecule has 3 aromatic rings. The normalized spacial score (nSPS) is 18.4. The van der Waals surface area contributed by atoms with Crippen molar-refractivity contribution in [3.8, 4) is 22.5 Å². The molecule has 0 amide bonds. The predicted molar refractivity (Wildman–Crippen MR) is 162 cm³/mol. The molecule has 35 heavy (non-hydrogen) atoms. The SMILES string of the molecule is CC.CCCN(C(C)C)C1CCC(c2snc(-c3ccc(I(C)C)cc3)c2-c2ccncn2)CC1. The molecular weight excluding hydrogens is 563 g/mol. The summed E-state index contributed by atoms with van der Waals surface area (Å²) in [5.41, 5.74) is 4.53. The van der Waals surface area contributed by atoms with Crippen LogP contribution in [0.25, 0.3) is 22.5 Å². The third-order valence-electron chi connectivity index (χ3n) is 6.79. The van der Waals surface area contributed by atoms with Crippen molar-refractivity contribution >= 4 is 31.4 Å². The second kappa shape index (κ2) is 13.8. The molecule has 2 aromatic heterocycles. The molecule has 0 unspecified atom stereocenters. The molecule has 4 nitrogen and oxygen atoms in total. The molecule has 1 aliphatic rings. The third-order valence-corrected chi connectivity index (χ3v) is 11.0. The summed E-state index contributed by atoms with van der Waals surface area (Å²) < 4.78 is 6.52. The van der Waals surface area contributed by atoms with Crippen molar-refractivity contribution in [1.82, 2.24) is 19.2 Å². The van der Waals surface area contributed by atoms with Crippen molar-refractivity contribution in [2.24, 2.45) is 0 Å². The van der Waals surface area contributed by atoms with Crippen LogP contribution in [0.15, 0.2) is 42.9 Å². The van der Waals surface area contributed by atoms with Gasteiger partial charge in [0.1, 0.15) is 0 Å². The molecule has 1 aromatic carbocycles. The number of benzene rings is 1. The number of halogens is 1. The molecule has 0 radical (unpaired) electrons. The number of rotatable bonds is 8. The molecule has 0 N–H and O–H groups in total. The van der Waals surface area contributed by atoms with E-state index < -0.39 is 19.8 Å². The summed E-state index contributed by atoms with van der Waals surface area (Å²) in [7, 11) is 0. The van der Waals surface area contributed by atoms with Gasteiger partial charge in [0.2, 0.25) is 0 Å². The maximum atomic E-state index is 5.01. The summed E-state index contributed by atoms with van der Waals surface area (Å²) in [6, 6.07) is 12.5. The third kappa shape index (κ3) is 6.89. The van der Waals surface area contributed by atoms with E-state index in [9.17, 15) is 0 Å². The average Bonchev–Trinajstić information content (AvgIpc) is 3.34. The molecule has 1 aliphatic carbocycles. The molecular formula is C29H43IN4S. The summed E-state index contributed by atoms with van der Waals surface area (Å²) >= 11 is 0.722. The maximum absolute atomic E-state index is 5.01. The predicted octanol–water partition coefficient (Wildman–Crippen LogP) is 8.38. The number of nitrogens with zero attached hydrogens (tertiary/aromatic N) is 4. The van der Waals surface area contributed by atoms with Gasteiger partial charge < -0.3 is 0 Å². The van der Waals surface area contributed by atoms with Crippen LogP contribution in [0, 0.1) is 3.57 Å². The van der Waals surface area contributed by atoms with Crippen LogP contribution in [-0.4, -0.2) is 47.7 Å². The van der Waals surface area contributed by atoms with Crippen molar-refractivity contribution in [2.45, 2.75) is 84.7 Å². The molecule has 192 valence electrons. The molecule has 1 saturated carbocycles. The van der Waals surface area contributed by atoms with Gasteiger partial charge in [-0.25, -0.2) is 0 Å². The molecule has 4 rings (SSSR count). The van der Waals surface area contributed by atoms with E-state index in [1.165, 1.54) is 58.2 Å². The number of alkyl halides is 2. The summed E-state index contributed by atoms with van der Waals surface area (Å²) in [4.78, 5) is 17.7. The van der Waals surface area contributed by atoms with Gasteiger partial charge in [0, 0.05) is 6.04 Å². The Kier molecular flexibility index (Phi) is 11.1. The molecule has 0 spiro atoms. The Labute approximate surface area is 224 Å². The number of hydrogen-bond acceptors (Lipinski definition) is 5. The first-order valence-corrected chi connectivity index (χ1v) is 19.3. The molecule has 0 aliphatic heterocycles. The van der Waals surface area contributed by atoms with Crippen LogP contribution in [0.3, 0.4) is 0 Å². The van der Waals surface area contributed by atoms with Crippen molar-refractivity contribution in [1.29, 1.82) is 0 Å². The summed E-state index contributed by atoms with van der Waals surface area (Å²) in [6.07, 6.45) is 9.75. The molecule has 0 atom stereocenters. The zero-order chi connectivity index (χ0) is 25.4. The fourth-order valence-corrected chi connectivity index (χ4v) is 7.98. The molecule has 1 fully saturated rings.